The van der Waals surface area contributed by atoms with Crippen molar-refractivity contribution in [2.24, 2.45) is 5.10 Å². The Morgan fingerprint density at radius 1 is 1.05 bits per heavy atom. The number of morpholine rings is 1. The molecule has 10 nitrogen and oxygen atoms in total. The number of nitrogens with zero attached hydrogens (tertiary/aromatic N) is 4. The third-order valence-corrected chi connectivity index (χ3v) is 6.97. The van der Waals surface area contributed by atoms with Gasteiger partial charge in [-0.05, 0) is 56.7 Å². The Morgan fingerprint density at radius 2 is 1.75 bits per heavy atom. The van der Waals surface area contributed by atoms with E-state index in [2.05, 4.69) is 10.2 Å². The number of rotatable bonds is 9. The van der Waals surface area contributed by atoms with Gasteiger partial charge in [0, 0.05) is 43.7 Å². The molecule has 1 atom stereocenters. The lowest BCUT2D eigenvalue weighted by Gasteiger charge is -2.33. The van der Waals surface area contributed by atoms with E-state index in [-0.39, 0.29) is 24.5 Å². The number of nitrogens with one attached hydrogen (secondary N) is 1. The van der Waals surface area contributed by atoms with Crippen molar-refractivity contribution in [3.63, 3.8) is 0 Å². The van der Waals surface area contributed by atoms with Gasteiger partial charge in [-0.25, -0.2) is 9.80 Å². The van der Waals surface area contributed by atoms with Crippen molar-refractivity contribution in [2.75, 3.05) is 60.2 Å². The minimum Gasteiger partial charge on any atom is -0.497 e. The molecule has 0 radical (unpaired) electrons. The summed E-state index contributed by atoms with van der Waals surface area (Å²) in [4.78, 5) is 31.1. The molecule has 3 amide bonds. The van der Waals surface area contributed by atoms with E-state index in [1.54, 1.807) is 19.1 Å². The number of carbonyl (C=O) groups excluding carboxylic acids is 2. The molecule has 2 aromatic carbocycles. The first kappa shape index (κ1) is 29.4. The zero-order valence-corrected chi connectivity index (χ0v) is 24.2. The van der Waals surface area contributed by atoms with E-state index in [4.69, 9.17) is 19.3 Å². The van der Waals surface area contributed by atoms with Crippen molar-refractivity contribution in [3.05, 3.63) is 59.7 Å². The SMILES string of the molecule is COc1ccc(C2=NN(C(=O)CN(CCN3CCOCC3)C(=O)NC(C)(C)C)C(c3ccccc3OC)C2)cc1. The topological polar surface area (TPSA) is 95.9 Å². The van der Waals surface area contributed by atoms with Gasteiger partial charge in [0.25, 0.3) is 5.91 Å². The highest BCUT2D eigenvalue weighted by Crippen LogP contribution is 2.37. The zero-order chi connectivity index (χ0) is 28.7. The van der Waals surface area contributed by atoms with E-state index in [0.717, 1.165) is 35.7 Å². The van der Waals surface area contributed by atoms with Crippen molar-refractivity contribution in [1.82, 2.24) is 20.1 Å². The van der Waals surface area contributed by atoms with E-state index in [9.17, 15) is 9.59 Å². The van der Waals surface area contributed by atoms with Crippen molar-refractivity contribution in [3.8, 4) is 11.5 Å². The maximum Gasteiger partial charge on any atom is 0.318 e. The van der Waals surface area contributed by atoms with E-state index < -0.39 is 5.54 Å². The van der Waals surface area contributed by atoms with Crippen LogP contribution in [0, 0.1) is 0 Å². The van der Waals surface area contributed by atoms with Gasteiger partial charge in [-0.15, -0.1) is 0 Å². The predicted octanol–water partition coefficient (Wildman–Crippen LogP) is 3.52. The summed E-state index contributed by atoms with van der Waals surface area (Å²) in [7, 11) is 3.25. The minimum atomic E-state index is -0.440. The summed E-state index contributed by atoms with van der Waals surface area (Å²) in [6.07, 6.45) is 0.514. The fourth-order valence-electron chi connectivity index (χ4n) is 4.86. The largest absolute Gasteiger partial charge is 0.497 e. The van der Waals surface area contributed by atoms with Crippen LogP contribution in [0.25, 0.3) is 0 Å². The molecular weight excluding hydrogens is 510 g/mol. The van der Waals surface area contributed by atoms with Crippen LogP contribution in [-0.2, 0) is 9.53 Å². The monoisotopic (exact) mass is 551 g/mol. The van der Waals surface area contributed by atoms with Gasteiger partial charge in [0.05, 0.1) is 39.2 Å². The maximum absolute atomic E-state index is 13.9. The molecule has 0 aliphatic carbocycles. The number of carbonyl (C=O) groups is 2. The van der Waals surface area contributed by atoms with Gasteiger partial charge in [-0.1, -0.05) is 18.2 Å². The second-order valence-corrected chi connectivity index (χ2v) is 11.0. The molecule has 0 bridgehead atoms. The van der Waals surface area contributed by atoms with Crippen LogP contribution in [-0.4, -0.2) is 98.2 Å². The Kier molecular flexibility index (Phi) is 9.65. The van der Waals surface area contributed by atoms with E-state index in [1.807, 2.05) is 69.3 Å². The fourth-order valence-corrected chi connectivity index (χ4v) is 4.86. The van der Waals surface area contributed by atoms with E-state index >= 15 is 0 Å². The summed E-state index contributed by atoms with van der Waals surface area (Å²) in [5, 5.41) is 9.33. The molecule has 2 aliphatic rings. The number of hydrazone groups is 1. The third kappa shape index (κ3) is 7.51. The van der Waals surface area contributed by atoms with Gasteiger partial charge in [-0.2, -0.15) is 5.10 Å². The van der Waals surface area contributed by atoms with Gasteiger partial charge in [-0.3, -0.25) is 9.69 Å². The van der Waals surface area contributed by atoms with E-state index in [1.165, 1.54) is 5.01 Å². The van der Waals surface area contributed by atoms with Crippen molar-refractivity contribution in [2.45, 2.75) is 38.8 Å². The summed E-state index contributed by atoms with van der Waals surface area (Å²) in [5.41, 5.74) is 2.12. The number of amides is 3. The second kappa shape index (κ2) is 13.1. The molecule has 0 aromatic heterocycles. The minimum absolute atomic E-state index is 0.0999. The first-order valence-corrected chi connectivity index (χ1v) is 13.7. The number of para-hydroxylation sites is 1. The highest BCUT2D eigenvalue weighted by molar-refractivity contribution is 6.03. The smallest absolute Gasteiger partial charge is 0.318 e. The van der Waals surface area contributed by atoms with Gasteiger partial charge >= 0.3 is 6.03 Å². The molecule has 40 heavy (non-hydrogen) atoms. The number of hydrogen-bond donors (Lipinski definition) is 1. The number of benzene rings is 2. The van der Waals surface area contributed by atoms with Crippen LogP contribution in [0.2, 0.25) is 0 Å². The van der Waals surface area contributed by atoms with Crippen LogP contribution in [0.4, 0.5) is 4.79 Å². The van der Waals surface area contributed by atoms with Crippen molar-refractivity contribution >= 4 is 17.6 Å². The Labute approximate surface area is 236 Å². The van der Waals surface area contributed by atoms with Crippen LogP contribution in [0.15, 0.2) is 53.6 Å². The standard InChI is InChI=1S/C30H41N5O5/c1-30(2,3)31-29(37)34(15-14-33-16-18-40-19-17-33)21-28(36)35-26(24-8-6-7-9-27(24)39-5)20-25(32-35)22-10-12-23(38-4)13-11-22/h6-13,26H,14-21H2,1-5H3,(H,31,37). The Hall–Kier alpha value is -3.63. The van der Waals surface area contributed by atoms with Crippen LogP contribution in [0.5, 0.6) is 11.5 Å². The lowest BCUT2D eigenvalue weighted by molar-refractivity contribution is -0.133. The zero-order valence-electron chi connectivity index (χ0n) is 24.2. The van der Waals surface area contributed by atoms with E-state index in [0.29, 0.717) is 38.5 Å². The lowest BCUT2D eigenvalue weighted by atomic mass is 9.97. The molecule has 10 heteroatoms. The Morgan fingerprint density at radius 3 is 2.40 bits per heavy atom. The van der Waals surface area contributed by atoms with Gasteiger partial charge in [0.2, 0.25) is 0 Å². The number of methoxy groups -OCH3 is 2. The predicted molar refractivity (Wildman–Crippen MR) is 154 cm³/mol. The molecule has 216 valence electrons. The first-order chi connectivity index (χ1) is 19.2. The van der Waals surface area contributed by atoms with Gasteiger partial charge < -0.3 is 24.4 Å². The molecular formula is C30H41N5O5. The van der Waals surface area contributed by atoms with Crippen molar-refractivity contribution < 1.29 is 23.8 Å². The number of urea groups is 1. The van der Waals surface area contributed by atoms with Crippen LogP contribution in [0.1, 0.15) is 44.4 Å². The molecule has 0 spiro atoms. The number of hydrogen-bond acceptors (Lipinski definition) is 7. The molecule has 1 N–H and O–H groups in total. The van der Waals surface area contributed by atoms with Crippen molar-refractivity contribution in [1.29, 1.82) is 0 Å². The molecule has 0 saturated carbocycles. The molecule has 1 unspecified atom stereocenters. The molecule has 1 fully saturated rings. The third-order valence-electron chi connectivity index (χ3n) is 6.97. The summed E-state index contributed by atoms with van der Waals surface area (Å²) in [6.45, 7) is 9.70. The van der Waals surface area contributed by atoms with Crippen LogP contribution < -0.4 is 14.8 Å². The maximum atomic E-state index is 13.9. The summed E-state index contributed by atoms with van der Waals surface area (Å²) >= 11 is 0. The summed E-state index contributed by atoms with van der Waals surface area (Å²) in [6, 6.07) is 14.7. The molecule has 2 aromatic rings. The highest BCUT2D eigenvalue weighted by atomic mass is 16.5. The molecule has 2 aliphatic heterocycles. The van der Waals surface area contributed by atoms with Gasteiger partial charge in [0.1, 0.15) is 18.0 Å². The lowest BCUT2D eigenvalue weighted by Crippen LogP contribution is -2.53. The van der Waals surface area contributed by atoms with Crippen LogP contribution in [0.3, 0.4) is 0 Å². The average molecular weight is 552 g/mol. The Bertz CT molecular complexity index is 1190. The normalized spacial score (nSPS) is 17.8. The summed E-state index contributed by atoms with van der Waals surface area (Å²) < 4.78 is 16.4. The highest BCUT2D eigenvalue weighted by Gasteiger charge is 2.36. The fraction of sp³-hybridized carbons (Fsp3) is 0.500. The molecule has 1 saturated heterocycles. The van der Waals surface area contributed by atoms with Gasteiger partial charge in [0.15, 0.2) is 0 Å². The van der Waals surface area contributed by atoms with Crippen LogP contribution >= 0.6 is 0 Å². The number of ether oxygens (including phenoxy) is 3. The quantitative estimate of drug-likeness (QED) is 0.513. The summed E-state index contributed by atoms with van der Waals surface area (Å²) in [5.74, 6) is 1.17. The molecule has 4 rings (SSSR count). The second-order valence-electron chi connectivity index (χ2n) is 11.0. The average Bonchev–Trinajstić information content (AvgIpc) is 3.40. The Balaban J connectivity index is 1.60. The first-order valence-electron chi connectivity index (χ1n) is 13.7. The molecule has 2 heterocycles.